The molecule has 100 valence electrons. The van der Waals surface area contributed by atoms with E-state index in [9.17, 15) is 18.0 Å². The van der Waals surface area contributed by atoms with E-state index in [2.05, 4.69) is 21.2 Å². The van der Waals surface area contributed by atoms with E-state index in [1.165, 1.54) is 6.07 Å². The van der Waals surface area contributed by atoms with E-state index in [1.54, 1.807) is 6.92 Å². The standard InChI is InChI=1S/C11H11BrF3NO2/c1-2-18-6-10(17)16-9-4-7(11(13,14)15)3-8(12)5-9/h3-5H,2,6H2,1H3,(H,16,17). The van der Waals surface area contributed by atoms with E-state index in [1.807, 2.05) is 0 Å². The van der Waals surface area contributed by atoms with Gasteiger partial charge in [-0.15, -0.1) is 0 Å². The Balaban J connectivity index is 2.84. The highest BCUT2D eigenvalue weighted by atomic mass is 79.9. The first kappa shape index (κ1) is 15.0. The van der Waals surface area contributed by atoms with Crippen LogP contribution in [0.4, 0.5) is 18.9 Å². The molecule has 0 atom stereocenters. The van der Waals surface area contributed by atoms with Crippen molar-refractivity contribution < 1.29 is 22.7 Å². The van der Waals surface area contributed by atoms with Gasteiger partial charge in [0.25, 0.3) is 0 Å². The zero-order chi connectivity index (χ0) is 13.8. The Kier molecular flexibility index (Phi) is 5.15. The quantitative estimate of drug-likeness (QED) is 0.920. The molecule has 1 N–H and O–H groups in total. The summed E-state index contributed by atoms with van der Waals surface area (Å²) in [5.41, 5.74) is -0.759. The molecular formula is C11H11BrF3NO2. The second-order valence-corrected chi connectivity index (χ2v) is 4.33. The largest absolute Gasteiger partial charge is 0.416 e. The predicted molar refractivity (Wildman–Crippen MR) is 64.3 cm³/mol. The molecule has 0 bridgehead atoms. The lowest BCUT2D eigenvalue weighted by atomic mass is 10.2. The van der Waals surface area contributed by atoms with Crippen molar-refractivity contribution in [3.05, 3.63) is 28.2 Å². The molecular weight excluding hydrogens is 315 g/mol. The van der Waals surface area contributed by atoms with Gasteiger partial charge in [-0.2, -0.15) is 13.2 Å². The highest BCUT2D eigenvalue weighted by Gasteiger charge is 2.31. The van der Waals surface area contributed by atoms with Crippen LogP contribution in [0, 0.1) is 0 Å². The fourth-order valence-electron chi connectivity index (χ4n) is 1.22. The molecule has 0 spiro atoms. The van der Waals surface area contributed by atoms with Gasteiger partial charge >= 0.3 is 6.18 Å². The molecule has 1 aromatic rings. The molecule has 0 aliphatic heterocycles. The maximum atomic E-state index is 12.5. The summed E-state index contributed by atoms with van der Waals surface area (Å²) < 4.78 is 42.7. The molecule has 1 rings (SSSR count). The van der Waals surface area contributed by atoms with E-state index in [0.717, 1.165) is 12.1 Å². The first-order valence-electron chi connectivity index (χ1n) is 5.08. The normalized spacial score (nSPS) is 11.4. The molecule has 1 amide bonds. The summed E-state index contributed by atoms with van der Waals surface area (Å²) in [6.45, 7) is 1.89. The molecule has 1 aromatic carbocycles. The Bertz CT molecular complexity index is 435. The monoisotopic (exact) mass is 325 g/mol. The average Bonchev–Trinajstić information content (AvgIpc) is 2.24. The Morgan fingerprint density at radius 2 is 2.06 bits per heavy atom. The van der Waals surface area contributed by atoms with Crippen LogP contribution in [0.3, 0.4) is 0 Å². The van der Waals surface area contributed by atoms with Crippen molar-refractivity contribution in [2.24, 2.45) is 0 Å². The molecule has 0 fully saturated rings. The van der Waals surface area contributed by atoms with Crippen molar-refractivity contribution in [3.63, 3.8) is 0 Å². The summed E-state index contributed by atoms with van der Waals surface area (Å²) in [6, 6.07) is 3.20. The smallest absolute Gasteiger partial charge is 0.372 e. The van der Waals surface area contributed by atoms with Crippen molar-refractivity contribution in [3.8, 4) is 0 Å². The van der Waals surface area contributed by atoms with Crippen molar-refractivity contribution in [2.45, 2.75) is 13.1 Å². The van der Waals surface area contributed by atoms with Crippen molar-refractivity contribution >= 4 is 27.5 Å². The molecule has 3 nitrogen and oxygen atoms in total. The lowest BCUT2D eigenvalue weighted by Crippen LogP contribution is -2.18. The van der Waals surface area contributed by atoms with Crippen LogP contribution in [-0.2, 0) is 15.7 Å². The Morgan fingerprint density at radius 3 is 2.61 bits per heavy atom. The summed E-state index contributed by atoms with van der Waals surface area (Å²) >= 11 is 2.97. The van der Waals surface area contributed by atoms with Gasteiger partial charge in [0, 0.05) is 16.8 Å². The third-order valence-corrected chi connectivity index (χ3v) is 2.40. The molecule has 0 aromatic heterocycles. The molecule has 18 heavy (non-hydrogen) atoms. The first-order valence-corrected chi connectivity index (χ1v) is 5.87. The zero-order valence-electron chi connectivity index (χ0n) is 9.47. The van der Waals surface area contributed by atoms with Crippen molar-refractivity contribution in [1.29, 1.82) is 0 Å². The van der Waals surface area contributed by atoms with E-state index < -0.39 is 17.6 Å². The number of benzene rings is 1. The van der Waals surface area contributed by atoms with E-state index in [4.69, 9.17) is 4.74 Å². The summed E-state index contributed by atoms with van der Waals surface area (Å²) in [4.78, 5) is 11.3. The second-order valence-electron chi connectivity index (χ2n) is 3.41. The van der Waals surface area contributed by atoms with Crippen LogP contribution in [0.25, 0.3) is 0 Å². The molecule has 0 saturated heterocycles. The van der Waals surface area contributed by atoms with Crippen LogP contribution < -0.4 is 5.32 Å². The number of ether oxygens (including phenoxy) is 1. The lowest BCUT2D eigenvalue weighted by Gasteiger charge is -2.11. The Labute approximate surface area is 110 Å². The average molecular weight is 326 g/mol. The minimum atomic E-state index is -4.46. The van der Waals surface area contributed by atoms with Crippen LogP contribution in [0.1, 0.15) is 12.5 Å². The first-order chi connectivity index (χ1) is 8.32. The molecule has 0 radical (unpaired) electrons. The Hall–Kier alpha value is -1.08. The van der Waals surface area contributed by atoms with Gasteiger partial charge in [0.1, 0.15) is 6.61 Å². The van der Waals surface area contributed by atoms with E-state index >= 15 is 0 Å². The van der Waals surface area contributed by atoms with E-state index in [-0.39, 0.29) is 16.8 Å². The molecule has 7 heteroatoms. The van der Waals surface area contributed by atoms with Gasteiger partial charge in [0.2, 0.25) is 5.91 Å². The predicted octanol–water partition coefficient (Wildman–Crippen LogP) is 3.44. The third-order valence-electron chi connectivity index (χ3n) is 1.95. The molecule has 0 aliphatic carbocycles. The third kappa shape index (κ3) is 4.66. The van der Waals surface area contributed by atoms with E-state index in [0.29, 0.717) is 6.61 Å². The van der Waals surface area contributed by atoms with Crippen LogP contribution >= 0.6 is 15.9 Å². The molecule has 0 aliphatic rings. The fourth-order valence-corrected chi connectivity index (χ4v) is 1.71. The molecule has 0 saturated carbocycles. The lowest BCUT2D eigenvalue weighted by molar-refractivity contribution is -0.137. The van der Waals surface area contributed by atoms with Gasteiger partial charge in [-0.3, -0.25) is 4.79 Å². The van der Waals surface area contributed by atoms with Crippen LogP contribution in [0.15, 0.2) is 22.7 Å². The number of amides is 1. The number of carbonyl (C=O) groups excluding carboxylic acids is 1. The topological polar surface area (TPSA) is 38.3 Å². The second kappa shape index (κ2) is 6.19. The van der Waals surface area contributed by atoms with Gasteiger partial charge in [-0.05, 0) is 25.1 Å². The summed E-state index contributed by atoms with van der Waals surface area (Å²) in [7, 11) is 0. The number of halogens is 4. The van der Waals surface area contributed by atoms with Crippen LogP contribution in [0.2, 0.25) is 0 Å². The molecule has 0 unspecified atom stereocenters. The summed E-state index contributed by atoms with van der Waals surface area (Å²) in [5.74, 6) is -0.497. The van der Waals surface area contributed by atoms with Gasteiger partial charge < -0.3 is 10.1 Å². The number of alkyl halides is 3. The summed E-state index contributed by atoms with van der Waals surface area (Å²) in [6.07, 6.45) is -4.46. The molecule has 0 heterocycles. The highest BCUT2D eigenvalue weighted by molar-refractivity contribution is 9.10. The highest BCUT2D eigenvalue weighted by Crippen LogP contribution is 2.33. The number of nitrogens with one attached hydrogen (secondary N) is 1. The maximum Gasteiger partial charge on any atom is 0.416 e. The minimum Gasteiger partial charge on any atom is -0.372 e. The SMILES string of the molecule is CCOCC(=O)Nc1cc(Br)cc(C(F)(F)F)c1. The van der Waals surface area contributed by atoms with Gasteiger partial charge in [0.15, 0.2) is 0 Å². The number of rotatable bonds is 4. The Morgan fingerprint density at radius 1 is 1.39 bits per heavy atom. The maximum absolute atomic E-state index is 12.5. The van der Waals surface area contributed by atoms with Gasteiger partial charge in [0.05, 0.1) is 5.56 Å². The number of anilines is 1. The van der Waals surface area contributed by atoms with Gasteiger partial charge in [-0.1, -0.05) is 15.9 Å². The number of hydrogen-bond donors (Lipinski definition) is 1. The number of carbonyl (C=O) groups is 1. The fraction of sp³-hybridized carbons (Fsp3) is 0.364. The van der Waals surface area contributed by atoms with Gasteiger partial charge in [-0.25, -0.2) is 0 Å². The van der Waals surface area contributed by atoms with Crippen molar-refractivity contribution in [1.82, 2.24) is 0 Å². The van der Waals surface area contributed by atoms with Crippen molar-refractivity contribution in [2.75, 3.05) is 18.5 Å². The zero-order valence-corrected chi connectivity index (χ0v) is 11.1. The summed E-state index contributed by atoms with van der Waals surface area (Å²) in [5, 5.41) is 2.34. The van der Waals surface area contributed by atoms with Crippen LogP contribution in [-0.4, -0.2) is 19.1 Å². The van der Waals surface area contributed by atoms with Crippen LogP contribution in [0.5, 0.6) is 0 Å². The number of hydrogen-bond acceptors (Lipinski definition) is 2. The minimum absolute atomic E-state index is 0.0707.